The van der Waals surface area contributed by atoms with Crippen LogP contribution in [0.25, 0.3) is 0 Å². The van der Waals surface area contributed by atoms with Gasteiger partial charge < -0.3 is 10.6 Å². The lowest BCUT2D eigenvalue weighted by Crippen LogP contribution is -2.22. The average Bonchev–Trinajstić information content (AvgIpc) is 2.41. The van der Waals surface area contributed by atoms with Crippen molar-refractivity contribution >= 4 is 34.7 Å². The van der Waals surface area contributed by atoms with E-state index in [1.54, 1.807) is 18.2 Å². The Morgan fingerprint density at radius 2 is 2.05 bits per heavy atom. The molecule has 106 valence electrons. The maximum absolute atomic E-state index is 13.4. The minimum Gasteiger partial charge on any atom is -0.330 e. The van der Waals surface area contributed by atoms with Gasteiger partial charge in [0.2, 0.25) is 0 Å². The Morgan fingerprint density at radius 1 is 1.25 bits per heavy atom. The molecule has 0 spiro atoms. The third-order valence-electron chi connectivity index (χ3n) is 2.75. The van der Waals surface area contributed by atoms with E-state index >= 15 is 0 Å². The summed E-state index contributed by atoms with van der Waals surface area (Å²) in [5.41, 5.74) is 6.23. The maximum atomic E-state index is 13.4. The molecule has 1 heterocycles. The van der Waals surface area contributed by atoms with Crippen molar-refractivity contribution in [3.63, 3.8) is 0 Å². The number of benzene rings is 1. The zero-order valence-electron chi connectivity index (χ0n) is 10.7. The van der Waals surface area contributed by atoms with Crippen molar-refractivity contribution in [2.75, 3.05) is 18.0 Å². The Morgan fingerprint density at radius 3 is 2.70 bits per heavy atom. The van der Waals surface area contributed by atoms with Crippen LogP contribution in [-0.2, 0) is 0 Å². The molecule has 0 fully saturated rings. The van der Waals surface area contributed by atoms with Gasteiger partial charge in [-0.25, -0.2) is 9.37 Å². The normalized spacial score (nSPS) is 10.6. The molecule has 0 aliphatic rings. The van der Waals surface area contributed by atoms with E-state index in [2.05, 4.69) is 4.98 Å². The number of pyridine rings is 1. The molecule has 1 aromatic heterocycles. The van der Waals surface area contributed by atoms with E-state index in [4.69, 9.17) is 28.9 Å². The first-order chi connectivity index (χ1) is 9.61. The van der Waals surface area contributed by atoms with E-state index < -0.39 is 0 Å². The fourth-order valence-electron chi connectivity index (χ4n) is 1.86. The monoisotopic (exact) mass is 313 g/mol. The average molecular weight is 314 g/mol. The standard InChI is InChI=1S/C14H14Cl2FN3/c15-10-7-13(16)14(19-9-10)20(6-2-5-18)12-4-1-3-11(17)8-12/h1,3-4,7-9H,2,5-6,18H2. The molecule has 6 heteroatoms. The second-order valence-electron chi connectivity index (χ2n) is 4.23. The summed E-state index contributed by atoms with van der Waals surface area (Å²) in [6.45, 7) is 1.12. The second kappa shape index (κ2) is 6.88. The molecule has 0 aliphatic heterocycles. The van der Waals surface area contributed by atoms with Crippen molar-refractivity contribution in [1.29, 1.82) is 0 Å². The third kappa shape index (κ3) is 3.60. The van der Waals surface area contributed by atoms with Gasteiger partial charge in [0.25, 0.3) is 0 Å². The SMILES string of the molecule is NCCCN(c1cccc(F)c1)c1ncc(Cl)cc1Cl. The first-order valence-electron chi connectivity index (χ1n) is 6.16. The summed E-state index contributed by atoms with van der Waals surface area (Å²) in [6, 6.07) is 7.88. The molecule has 0 bridgehead atoms. The molecule has 1 aromatic carbocycles. The summed E-state index contributed by atoms with van der Waals surface area (Å²) < 4.78 is 13.4. The Balaban J connectivity index is 2.41. The van der Waals surface area contributed by atoms with E-state index in [-0.39, 0.29) is 5.82 Å². The predicted octanol–water partition coefficient (Wildman–Crippen LogP) is 4.01. The lowest BCUT2D eigenvalue weighted by molar-refractivity contribution is 0.627. The predicted molar refractivity (Wildman–Crippen MR) is 81.3 cm³/mol. The summed E-state index contributed by atoms with van der Waals surface area (Å²) in [7, 11) is 0. The highest BCUT2D eigenvalue weighted by Crippen LogP contribution is 2.31. The van der Waals surface area contributed by atoms with E-state index in [0.29, 0.717) is 34.6 Å². The van der Waals surface area contributed by atoms with Crippen LogP contribution in [0.4, 0.5) is 15.9 Å². The van der Waals surface area contributed by atoms with Crippen LogP contribution in [0.3, 0.4) is 0 Å². The highest BCUT2D eigenvalue weighted by atomic mass is 35.5. The highest BCUT2D eigenvalue weighted by Gasteiger charge is 2.14. The van der Waals surface area contributed by atoms with Gasteiger partial charge in [-0.05, 0) is 37.2 Å². The lowest BCUT2D eigenvalue weighted by Gasteiger charge is -2.24. The Hall–Kier alpha value is -1.36. The number of anilines is 2. The minimum absolute atomic E-state index is 0.315. The zero-order valence-corrected chi connectivity index (χ0v) is 12.2. The van der Waals surface area contributed by atoms with E-state index in [9.17, 15) is 4.39 Å². The van der Waals surface area contributed by atoms with Gasteiger partial charge in [0, 0.05) is 18.4 Å². The molecule has 2 aromatic rings. The fourth-order valence-corrected chi connectivity index (χ4v) is 2.34. The maximum Gasteiger partial charge on any atom is 0.151 e. The van der Waals surface area contributed by atoms with Crippen LogP contribution in [0.2, 0.25) is 10.0 Å². The Bertz CT molecular complexity index is 592. The van der Waals surface area contributed by atoms with Crippen LogP contribution in [0, 0.1) is 5.82 Å². The van der Waals surface area contributed by atoms with E-state index in [0.717, 1.165) is 6.42 Å². The van der Waals surface area contributed by atoms with Crippen LogP contribution < -0.4 is 10.6 Å². The molecule has 20 heavy (non-hydrogen) atoms. The smallest absolute Gasteiger partial charge is 0.151 e. The second-order valence-corrected chi connectivity index (χ2v) is 5.08. The van der Waals surface area contributed by atoms with Crippen molar-refractivity contribution < 1.29 is 4.39 Å². The Kier molecular flexibility index (Phi) is 5.17. The van der Waals surface area contributed by atoms with Crippen molar-refractivity contribution in [3.8, 4) is 0 Å². The van der Waals surface area contributed by atoms with Crippen LogP contribution in [0.5, 0.6) is 0 Å². The summed E-state index contributed by atoms with van der Waals surface area (Å²) in [6.07, 6.45) is 2.24. The van der Waals surface area contributed by atoms with Gasteiger partial charge in [0.05, 0.1) is 10.0 Å². The molecule has 0 saturated heterocycles. The van der Waals surface area contributed by atoms with Crippen molar-refractivity contribution in [2.45, 2.75) is 6.42 Å². The summed E-state index contributed by atoms with van der Waals surface area (Å²) in [4.78, 5) is 6.06. The number of hydrogen-bond acceptors (Lipinski definition) is 3. The molecule has 0 aliphatic carbocycles. The molecule has 2 rings (SSSR count). The quantitative estimate of drug-likeness (QED) is 0.906. The van der Waals surface area contributed by atoms with Crippen LogP contribution in [-0.4, -0.2) is 18.1 Å². The number of halogens is 3. The molecular formula is C14H14Cl2FN3. The van der Waals surface area contributed by atoms with Gasteiger partial charge in [0.1, 0.15) is 5.82 Å². The lowest BCUT2D eigenvalue weighted by atomic mass is 10.2. The van der Waals surface area contributed by atoms with Crippen molar-refractivity contribution in [1.82, 2.24) is 4.98 Å². The summed E-state index contributed by atoms with van der Waals surface area (Å²) >= 11 is 12.0. The van der Waals surface area contributed by atoms with Crippen LogP contribution in [0.1, 0.15) is 6.42 Å². The zero-order chi connectivity index (χ0) is 14.5. The summed E-state index contributed by atoms with van der Waals surface area (Å²) in [5, 5.41) is 0.871. The first kappa shape index (κ1) is 15.0. The molecular weight excluding hydrogens is 300 g/mol. The molecule has 0 amide bonds. The minimum atomic E-state index is -0.315. The Labute approximate surface area is 127 Å². The fraction of sp³-hybridized carbons (Fsp3) is 0.214. The molecule has 2 N–H and O–H groups in total. The van der Waals surface area contributed by atoms with Gasteiger partial charge in [-0.1, -0.05) is 29.3 Å². The molecule has 0 saturated carbocycles. The number of aromatic nitrogens is 1. The number of hydrogen-bond donors (Lipinski definition) is 1. The van der Waals surface area contributed by atoms with E-state index in [1.165, 1.54) is 18.3 Å². The van der Waals surface area contributed by atoms with Gasteiger partial charge in [0.15, 0.2) is 5.82 Å². The van der Waals surface area contributed by atoms with Crippen LogP contribution >= 0.6 is 23.2 Å². The van der Waals surface area contributed by atoms with Gasteiger partial charge in [-0.2, -0.15) is 0 Å². The molecule has 0 unspecified atom stereocenters. The van der Waals surface area contributed by atoms with Crippen molar-refractivity contribution in [3.05, 3.63) is 52.4 Å². The highest BCUT2D eigenvalue weighted by molar-refractivity contribution is 6.36. The van der Waals surface area contributed by atoms with E-state index in [1.807, 2.05) is 4.90 Å². The third-order valence-corrected chi connectivity index (χ3v) is 3.23. The van der Waals surface area contributed by atoms with Crippen molar-refractivity contribution in [2.24, 2.45) is 5.73 Å². The first-order valence-corrected chi connectivity index (χ1v) is 6.91. The van der Waals surface area contributed by atoms with Gasteiger partial charge in [-0.3, -0.25) is 0 Å². The number of rotatable bonds is 5. The molecule has 0 atom stereocenters. The molecule has 3 nitrogen and oxygen atoms in total. The molecule has 0 radical (unpaired) electrons. The van der Waals surface area contributed by atoms with Gasteiger partial charge in [-0.15, -0.1) is 0 Å². The largest absolute Gasteiger partial charge is 0.330 e. The van der Waals surface area contributed by atoms with Gasteiger partial charge >= 0.3 is 0 Å². The number of nitrogens with two attached hydrogens (primary N) is 1. The number of nitrogens with zero attached hydrogens (tertiary/aromatic N) is 2. The van der Waals surface area contributed by atoms with Crippen LogP contribution in [0.15, 0.2) is 36.5 Å². The summed E-state index contributed by atoms with van der Waals surface area (Å²) in [5.74, 6) is 0.223. The topological polar surface area (TPSA) is 42.1 Å².